The van der Waals surface area contributed by atoms with E-state index in [1.54, 1.807) is 18.2 Å². The van der Waals surface area contributed by atoms with E-state index in [1.807, 2.05) is 12.1 Å². The van der Waals surface area contributed by atoms with Crippen molar-refractivity contribution in [3.63, 3.8) is 0 Å². The number of nitrogens with zero attached hydrogens (tertiary/aromatic N) is 2. The van der Waals surface area contributed by atoms with Crippen molar-refractivity contribution in [2.24, 2.45) is 11.7 Å². The van der Waals surface area contributed by atoms with Crippen molar-refractivity contribution >= 4 is 32.3 Å². The van der Waals surface area contributed by atoms with Gasteiger partial charge in [0.1, 0.15) is 5.75 Å². The number of hydrogen-bond donors (Lipinski definition) is 2. The van der Waals surface area contributed by atoms with E-state index in [9.17, 15) is 13.2 Å². The summed E-state index contributed by atoms with van der Waals surface area (Å²) in [7, 11) is -1.85. The third kappa shape index (κ3) is 4.46. The zero-order chi connectivity index (χ0) is 22.2. The summed E-state index contributed by atoms with van der Waals surface area (Å²) in [4.78, 5) is 12.1. The van der Waals surface area contributed by atoms with Gasteiger partial charge in [-0.15, -0.1) is 10.2 Å². The van der Waals surface area contributed by atoms with Crippen molar-refractivity contribution < 1.29 is 17.9 Å². The van der Waals surface area contributed by atoms with Crippen molar-refractivity contribution in [2.45, 2.75) is 24.2 Å². The number of rotatable bonds is 8. The Morgan fingerprint density at radius 3 is 2.61 bits per heavy atom. The summed E-state index contributed by atoms with van der Waals surface area (Å²) in [5.74, 6) is 0.637. The molecule has 0 spiro atoms. The van der Waals surface area contributed by atoms with E-state index in [-0.39, 0.29) is 10.6 Å². The van der Waals surface area contributed by atoms with Crippen LogP contribution in [0.15, 0.2) is 41.3 Å². The molecule has 0 atom stereocenters. The predicted molar refractivity (Wildman–Crippen MR) is 119 cm³/mol. The molecule has 9 heteroatoms. The first-order valence-electron chi connectivity index (χ1n) is 10.0. The Kier molecular flexibility index (Phi) is 5.53. The number of benzene rings is 2. The van der Waals surface area contributed by atoms with Gasteiger partial charge in [0.15, 0.2) is 15.5 Å². The van der Waals surface area contributed by atoms with E-state index in [4.69, 9.17) is 10.5 Å². The number of nitrogens with two attached hydrogens (primary N) is 1. The normalized spacial score (nSPS) is 13.9. The highest BCUT2D eigenvalue weighted by Crippen LogP contribution is 2.36. The standard InChI is InChI=1S/C22H24N4O4S/c1-30-19-8-6-15(31(2,28)29)12-17(19)14-5-7-16-18(11-14)25-26-21(22(23)27)20(16)24-10-9-13-3-4-13/h5-8,11-13H,3-4,9-10H2,1-2H3,(H2,23,27)(H,24,25). The second kappa shape index (κ2) is 8.14. The lowest BCUT2D eigenvalue weighted by Gasteiger charge is -2.14. The number of carbonyl (C=O) groups is 1. The molecular weight excluding hydrogens is 416 g/mol. The van der Waals surface area contributed by atoms with Crippen LogP contribution in [0.2, 0.25) is 0 Å². The van der Waals surface area contributed by atoms with Gasteiger partial charge in [0.05, 0.1) is 23.2 Å². The van der Waals surface area contributed by atoms with Gasteiger partial charge in [-0.25, -0.2) is 8.42 Å². The second-order valence-corrected chi connectivity index (χ2v) is 9.83. The van der Waals surface area contributed by atoms with Gasteiger partial charge in [-0.05, 0) is 48.2 Å². The minimum Gasteiger partial charge on any atom is -0.496 e. The third-order valence-electron chi connectivity index (χ3n) is 5.46. The van der Waals surface area contributed by atoms with Crippen LogP contribution in [0.4, 0.5) is 5.69 Å². The molecule has 1 fully saturated rings. The van der Waals surface area contributed by atoms with Gasteiger partial charge < -0.3 is 15.8 Å². The Labute approximate surface area is 180 Å². The van der Waals surface area contributed by atoms with Gasteiger partial charge in [0.25, 0.3) is 5.91 Å². The van der Waals surface area contributed by atoms with Crippen LogP contribution in [0.25, 0.3) is 22.0 Å². The summed E-state index contributed by atoms with van der Waals surface area (Å²) in [6, 6.07) is 10.2. The average molecular weight is 441 g/mol. The molecule has 0 unspecified atom stereocenters. The maximum absolute atomic E-state index is 12.0. The molecule has 1 saturated carbocycles. The van der Waals surface area contributed by atoms with Crippen LogP contribution >= 0.6 is 0 Å². The van der Waals surface area contributed by atoms with Crippen molar-refractivity contribution in [2.75, 3.05) is 25.2 Å². The number of sulfone groups is 1. The van der Waals surface area contributed by atoms with Gasteiger partial charge in [-0.1, -0.05) is 18.9 Å². The summed E-state index contributed by atoms with van der Waals surface area (Å²) in [5, 5.41) is 12.3. The number of fused-ring (bicyclic) bond motifs is 1. The second-order valence-electron chi connectivity index (χ2n) is 7.81. The van der Waals surface area contributed by atoms with Crippen LogP contribution in [-0.2, 0) is 9.84 Å². The van der Waals surface area contributed by atoms with Crippen LogP contribution < -0.4 is 15.8 Å². The number of amides is 1. The van der Waals surface area contributed by atoms with Gasteiger partial charge in [0.2, 0.25) is 0 Å². The first-order valence-corrected chi connectivity index (χ1v) is 11.9. The summed E-state index contributed by atoms with van der Waals surface area (Å²) >= 11 is 0. The SMILES string of the molecule is COc1ccc(S(C)(=O)=O)cc1-c1ccc2c(NCCC3CC3)c(C(N)=O)nnc2c1. The fraction of sp³-hybridized carbons (Fsp3) is 0.318. The van der Waals surface area contributed by atoms with Gasteiger partial charge in [-0.2, -0.15) is 0 Å². The first-order chi connectivity index (χ1) is 14.8. The van der Waals surface area contributed by atoms with E-state index >= 15 is 0 Å². The van der Waals surface area contributed by atoms with Crippen molar-refractivity contribution in [3.05, 3.63) is 42.1 Å². The number of hydrogen-bond acceptors (Lipinski definition) is 7. The van der Waals surface area contributed by atoms with Gasteiger partial charge in [-0.3, -0.25) is 4.79 Å². The molecule has 162 valence electrons. The highest BCUT2D eigenvalue weighted by atomic mass is 32.2. The van der Waals surface area contributed by atoms with Crippen molar-refractivity contribution in [1.29, 1.82) is 0 Å². The maximum atomic E-state index is 12.0. The van der Waals surface area contributed by atoms with Crippen LogP contribution in [0.5, 0.6) is 5.75 Å². The number of ether oxygens (including phenoxy) is 1. The summed E-state index contributed by atoms with van der Waals surface area (Å²) in [5.41, 5.74) is 8.09. The molecule has 4 rings (SSSR count). The molecule has 1 aliphatic rings. The molecule has 1 heterocycles. The van der Waals surface area contributed by atoms with Gasteiger partial charge >= 0.3 is 0 Å². The fourth-order valence-electron chi connectivity index (χ4n) is 3.58. The highest BCUT2D eigenvalue weighted by Gasteiger charge is 2.22. The molecule has 31 heavy (non-hydrogen) atoms. The molecule has 0 aliphatic heterocycles. The molecule has 2 aromatic carbocycles. The minimum absolute atomic E-state index is 0.104. The first kappa shape index (κ1) is 21.0. The molecule has 0 bridgehead atoms. The maximum Gasteiger partial charge on any atom is 0.271 e. The van der Waals surface area contributed by atoms with Gasteiger partial charge in [0, 0.05) is 23.8 Å². The largest absolute Gasteiger partial charge is 0.496 e. The summed E-state index contributed by atoms with van der Waals surface area (Å²) in [6.07, 6.45) is 4.68. The topological polar surface area (TPSA) is 124 Å². The Balaban J connectivity index is 1.79. The smallest absolute Gasteiger partial charge is 0.271 e. The van der Waals surface area contributed by atoms with E-state index in [1.165, 1.54) is 26.0 Å². The van der Waals surface area contributed by atoms with E-state index in [0.717, 1.165) is 36.1 Å². The third-order valence-corrected chi connectivity index (χ3v) is 6.57. The zero-order valence-corrected chi connectivity index (χ0v) is 18.2. The minimum atomic E-state index is -3.38. The Bertz CT molecular complexity index is 1270. The molecule has 1 amide bonds. The fourth-order valence-corrected chi connectivity index (χ4v) is 4.22. The lowest BCUT2D eigenvalue weighted by Crippen LogP contribution is -2.18. The monoisotopic (exact) mass is 440 g/mol. The lowest BCUT2D eigenvalue weighted by atomic mass is 10.0. The van der Waals surface area contributed by atoms with E-state index < -0.39 is 15.7 Å². The highest BCUT2D eigenvalue weighted by molar-refractivity contribution is 7.90. The van der Waals surface area contributed by atoms with Crippen LogP contribution in [0, 0.1) is 5.92 Å². The number of anilines is 1. The van der Waals surface area contributed by atoms with E-state index in [0.29, 0.717) is 22.5 Å². The van der Waals surface area contributed by atoms with Crippen molar-refractivity contribution in [1.82, 2.24) is 10.2 Å². The Morgan fingerprint density at radius 2 is 1.97 bits per heavy atom. The molecule has 1 aromatic heterocycles. The Morgan fingerprint density at radius 1 is 1.19 bits per heavy atom. The molecule has 0 radical (unpaired) electrons. The number of nitrogens with one attached hydrogen (secondary N) is 1. The zero-order valence-electron chi connectivity index (χ0n) is 17.4. The number of methoxy groups -OCH3 is 1. The summed E-state index contributed by atoms with van der Waals surface area (Å²) in [6.45, 7) is 0.720. The molecule has 8 nitrogen and oxygen atoms in total. The predicted octanol–water partition coefficient (Wildman–Crippen LogP) is 3.02. The van der Waals surface area contributed by atoms with Crippen LogP contribution in [0.1, 0.15) is 29.8 Å². The van der Waals surface area contributed by atoms with E-state index in [2.05, 4.69) is 15.5 Å². The summed E-state index contributed by atoms with van der Waals surface area (Å²) < 4.78 is 29.5. The molecule has 0 saturated heterocycles. The lowest BCUT2D eigenvalue weighted by molar-refractivity contribution is 0.0995. The molecule has 3 aromatic rings. The molecular formula is C22H24N4O4S. The average Bonchev–Trinajstić information content (AvgIpc) is 3.56. The number of carbonyl (C=O) groups excluding carboxylic acids is 1. The number of primary amides is 1. The van der Waals surface area contributed by atoms with Crippen molar-refractivity contribution in [3.8, 4) is 16.9 Å². The molecule has 1 aliphatic carbocycles. The Hall–Kier alpha value is -3.20. The van der Waals surface area contributed by atoms with Crippen LogP contribution in [-0.4, -0.2) is 44.4 Å². The number of aromatic nitrogens is 2. The molecule has 3 N–H and O–H groups in total. The quantitative estimate of drug-likeness (QED) is 0.552. The van der Waals surface area contributed by atoms with Crippen LogP contribution in [0.3, 0.4) is 0 Å².